The van der Waals surface area contributed by atoms with Gasteiger partial charge in [0.15, 0.2) is 0 Å². The van der Waals surface area contributed by atoms with Gasteiger partial charge in [-0.05, 0) is 23.6 Å². The number of nitrogens with two attached hydrogens (primary N) is 1. The van der Waals surface area contributed by atoms with Crippen molar-refractivity contribution in [2.75, 3.05) is 0 Å². The van der Waals surface area contributed by atoms with Gasteiger partial charge < -0.3 is 10.5 Å². The Morgan fingerprint density at radius 3 is 2.62 bits per heavy atom. The summed E-state index contributed by atoms with van der Waals surface area (Å²) < 4.78 is 5.88. The van der Waals surface area contributed by atoms with Crippen molar-refractivity contribution in [1.29, 1.82) is 0 Å². The molecule has 1 heterocycles. The van der Waals surface area contributed by atoms with Crippen LogP contribution in [0, 0.1) is 0 Å². The third-order valence-corrected chi connectivity index (χ3v) is 3.66. The van der Waals surface area contributed by atoms with Crippen LogP contribution in [-0.4, -0.2) is 4.98 Å². The first-order valence-corrected chi connectivity index (χ1v) is 7.10. The van der Waals surface area contributed by atoms with Crippen LogP contribution in [0.3, 0.4) is 0 Å². The zero-order chi connectivity index (χ0) is 14.7. The average Bonchev–Trinajstić information content (AvgIpc) is 2.53. The normalized spacial score (nSPS) is 10.8. The van der Waals surface area contributed by atoms with E-state index >= 15 is 0 Å². The maximum Gasteiger partial charge on any atom is 0.221 e. The lowest BCUT2D eigenvalue weighted by Crippen LogP contribution is -2.04. The van der Waals surface area contributed by atoms with Crippen LogP contribution in [0.2, 0.25) is 5.02 Å². The quantitative estimate of drug-likeness (QED) is 0.794. The van der Waals surface area contributed by atoms with Gasteiger partial charge >= 0.3 is 0 Å². The number of hydrogen-bond donors (Lipinski definition) is 1. The Kier molecular flexibility index (Phi) is 4.04. The number of ether oxygens (including phenoxy) is 1. The van der Waals surface area contributed by atoms with Crippen LogP contribution in [0.15, 0.2) is 54.6 Å². The first kappa shape index (κ1) is 13.9. The highest BCUT2D eigenvalue weighted by Gasteiger charge is 2.07. The van der Waals surface area contributed by atoms with Crippen molar-refractivity contribution in [3.8, 4) is 5.88 Å². The highest BCUT2D eigenvalue weighted by molar-refractivity contribution is 6.31. The van der Waals surface area contributed by atoms with E-state index in [0.717, 1.165) is 22.0 Å². The second kappa shape index (κ2) is 6.12. The molecule has 0 fully saturated rings. The van der Waals surface area contributed by atoms with E-state index in [0.29, 0.717) is 24.1 Å². The summed E-state index contributed by atoms with van der Waals surface area (Å²) in [5, 5.41) is 2.74. The fraction of sp³-hybridized carbons (Fsp3) is 0.118. The van der Waals surface area contributed by atoms with Crippen molar-refractivity contribution in [1.82, 2.24) is 4.98 Å². The van der Waals surface area contributed by atoms with Gasteiger partial charge in [0.2, 0.25) is 5.88 Å². The molecule has 3 aromatic rings. The minimum absolute atomic E-state index is 0.380. The predicted octanol–water partition coefficient (Wildman–Crippen LogP) is 3.93. The average molecular weight is 299 g/mol. The van der Waals surface area contributed by atoms with Crippen LogP contribution in [0.1, 0.15) is 11.3 Å². The van der Waals surface area contributed by atoms with E-state index in [4.69, 9.17) is 22.1 Å². The lowest BCUT2D eigenvalue weighted by molar-refractivity contribution is 0.297. The summed E-state index contributed by atoms with van der Waals surface area (Å²) in [6, 6.07) is 17.6. The maximum atomic E-state index is 6.15. The summed E-state index contributed by atoms with van der Waals surface area (Å²) in [6.07, 6.45) is 0. The standard InChI is InChI=1S/C17H15ClN2O/c18-16-8-4-2-6-13(16)11-21-17-15-7-3-1-5-12(15)9-14(10-19)20-17/h1-9H,10-11,19H2. The Labute approximate surface area is 128 Å². The summed E-state index contributed by atoms with van der Waals surface area (Å²) >= 11 is 6.15. The molecule has 0 spiro atoms. The van der Waals surface area contributed by atoms with Gasteiger partial charge in [-0.15, -0.1) is 0 Å². The Bertz CT molecular complexity index is 774. The van der Waals surface area contributed by atoms with Crippen molar-refractivity contribution in [2.24, 2.45) is 5.73 Å². The molecule has 2 aromatic carbocycles. The van der Waals surface area contributed by atoms with Gasteiger partial charge in [0.25, 0.3) is 0 Å². The van der Waals surface area contributed by atoms with Crippen molar-refractivity contribution in [2.45, 2.75) is 13.2 Å². The molecule has 0 atom stereocenters. The number of hydrogen-bond acceptors (Lipinski definition) is 3. The molecule has 21 heavy (non-hydrogen) atoms. The molecule has 106 valence electrons. The Morgan fingerprint density at radius 2 is 1.81 bits per heavy atom. The van der Waals surface area contributed by atoms with E-state index in [-0.39, 0.29) is 0 Å². The first-order chi connectivity index (χ1) is 10.3. The van der Waals surface area contributed by atoms with Crippen LogP contribution in [0.4, 0.5) is 0 Å². The maximum absolute atomic E-state index is 6.15. The van der Waals surface area contributed by atoms with E-state index in [1.807, 2.05) is 54.6 Å². The fourth-order valence-electron chi connectivity index (χ4n) is 2.20. The smallest absolute Gasteiger partial charge is 0.221 e. The third-order valence-electron chi connectivity index (χ3n) is 3.29. The molecule has 0 unspecified atom stereocenters. The number of pyridine rings is 1. The highest BCUT2D eigenvalue weighted by atomic mass is 35.5. The number of fused-ring (bicyclic) bond motifs is 1. The third kappa shape index (κ3) is 2.99. The molecule has 4 heteroatoms. The summed E-state index contributed by atoms with van der Waals surface area (Å²) in [5.41, 5.74) is 7.44. The van der Waals surface area contributed by atoms with Gasteiger partial charge in [-0.2, -0.15) is 0 Å². The SMILES string of the molecule is NCc1cc2ccccc2c(OCc2ccccc2Cl)n1. The first-order valence-electron chi connectivity index (χ1n) is 6.73. The van der Waals surface area contributed by atoms with Crippen LogP contribution in [0.5, 0.6) is 5.88 Å². The monoisotopic (exact) mass is 298 g/mol. The summed E-state index contributed by atoms with van der Waals surface area (Å²) in [5.74, 6) is 0.591. The van der Waals surface area contributed by atoms with Crippen molar-refractivity contribution in [3.05, 3.63) is 70.9 Å². The topological polar surface area (TPSA) is 48.1 Å². The fourth-order valence-corrected chi connectivity index (χ4v) is 2.39. The Hall–Kier alpha value is -2.10. The summed E-state index contributed by atoms with van der Waals surface area (Å²) in [4.78, 5) is 4.47. The second-order valence-electron chi connectivity index (χ2n) is 4.72. The van der Waals surface area contributed by atoms with Crippen molar-refractivity contribution >= 4 is 22.4 Å². The van der Waals surface area contributed by atoms with Crippen molar-refractivity contribution in [3.63, 3.8) is 0 Å². The lowest BCUT2D eigenvalue weighted by atomic mass is 10.1. The van der Waals surface area contributed by atoms with E-state index in [2.05, 4.69) is 4.98 Å². The minimum atomic E-state index is 0.380. The van der Waals surface area contributed by atoms with Gasteiger partial charge in [-0.1, -0.05) is 48.0 Å². The van der Waals surface area contributed by atoms with Crippen molar-refractivity contribution < 1.29 is 4.74 Å². The summed E-state index contributed by atoms with van der Waals surface area (Å²) in [6.45, 7) is 0.762. The number of aromatic nitrogens is 1. The molecule has 0 radical (unpaired) electrons. The zero-order valence-corrected chi connectivity index (χ0v) is 12.2. The van der Waals surface area contributed by atoms with Gasteiger partial charge in [0.05, 0.1) is 5.69 Å². The molecule has 2 N–H and O–H groups in total. The molecule has 0 saturated heterocycles. The van der Waals surface area contributed by atoms with E-state index in [1.165, 1.54) is 0 Å². The van der Waals surface area contributed by atoms with Gasteiger partial charge in [0, 0.05) is 22.5 Å². The molecular formula is C17H15ClN2O. The van der Waals surface area contributed by atoms with Crippen LogP contribution < -0.4 is 10.5 Å². The van der Waals surface area contributed by atoms with Crippen LogP contribution in [0.25, 0.3) is 10.8 Å². The van der Waals surface area contributed by atoms with E-state index in [1.54, 1.807) is 0 Å². The predicted molar refractivity (Wildman–Crippen MR) is 85.4 cm³/mol. The van der Waals surface area contributed by atoms with Gasteiger partial charge in [0.1, 0.15) is 6.61 Å². The van der Waals surface area contributed by atoms with Gasteiger partial charge in [-0.25, -0.2) is 4.98 Å². The molecule has 0 aliphatic heterocycles. The zero-order valence-electron chi connectivity index (χ0n) is 11.4. The molecule has 0 saturated carbocycles. The van der Waals surface area contributed by atoms with Gasteiger partial charge in [-0.3, -0.25) is 0 Å². The number of rotatable bonds is 4. The Balaban J connectivity index is 1.94. The Morgan fingerprint density at radius 1 is 1.05 bits per heavy atom. The number of halogens is 1. The number of nitrogens with zero attached hydrogens (tertiary/aromatic N) is 1. The molecular weight excluding hydrogens is 284 g/mol. The molecule has 1 aromatic heterocycles. The lowest BCUT2D eigenvalue weighted by Gasteiger charge is -2.11. The number of benzene rings is 2. The molecule has 3 nitrogen and oxygen atoms in total. The molecule has 3 rings (SSSR count). The minimum Gasteiger partial charge on any atom is -0.472 e. The second-order valence-corrected chi connectivity index (χ2v) is 5.13. The molecule has 0 aliphatic carbocycles. The molecule has 0 amide bonds. The van der Waals surface area contributed by atoms with Crippen LogP contribution >= 0.6 is 11.6 Å². The highest BCUT2D eigenvalue weighted by Crippen LogP contribution is 2.26. The molecule has 0 aliphatic rings. The molecule has 0 bridgehead atoms. The largest absolute Gasteiger partial charge is 0.472 e. The summed E-state index contributed by atoms with van der Waals surface area (Å²) in [7, 11) is 0. The van der Waals surface area contributed by atoms with E-state index in [9.17, 15) is 0 Å². The van der Waals surface area contributed by atoms with E-state index < -0.39 is 0 Å². The van der Waals surface area contributed by atoms with Crippen LogP contribution in [-0.2, 0) is 13.2 Å².